The number of carbonyl (C=O) groups is 1. The number of amides is 1. The average Bonchev–Trinajstić information content (AvgIpc) is 3.41. The van der Waals surface area contributed by atoms with Crippen molar-refractivity contribution in [2.24, 2.45) is 0 Å². The van der Waals surface area contributed by atoms with Crippen molar-refractivity contribution in [3.05, 3.63) is 40.9 Å². The van der Waals surface area contributed by atoms with Gasteiger partial charge in [-0.3, -0.25) is 4.79 Å². The Labute approximate surface area is 214 Å². The Morgan fingerprint density at radius 1 is 1.11 bits per heavy atom. The number of aryl methyl sites for hydroxylation is 1. The number of sulfone groups is 1. The molecule has 1 amide bonds. The third-order valence-electron chi connectivity index (χ3n) is 4.76. The molecule has 8 nitrogen and oxygen atoms in total. The fourth-order valence-corrected chi connectivity index (χ4v) is 5.37. The van der Waals surface area contributed by atoms with Gasteiger partial charge in [0, 0.05) is 12.0 Å². The average molecular weight is 564 g/mol. The number of anilines is 1. The van der Waals surface area contributed by atoms with Crippen LogP contribution in [0.4, 0.5) is 18.3 Å². The van der Waals surface area contributed by atoms with Gasteiger partial charge in [0.15, 0.2) is 5.13 Å². The van der Waals surface area contributed by atoms with Crippen molar-refractivity contribution in [1.29, 1.82) is 0 Å². The lowest BCUT2D eigenvalue weighted by Gasteiger charge is -2.08. The fraction of sp³-hybridized carbons (Fsp3) is 0.409. The summed E-state index contributed by atoms with van der Waals surface area (Å²) in [4.78, 5) is 21.1. The third kappa shape index (κ3) is 7.24. The molecule has 196 valence electrons. The van der Waals surface area contributed by atoms with Gasteiger partial charge >= 0.3 is 5.51 Å². The zero-order valence-corrected chi connectivity index (χ0v) is 21.9. The van der Waals surface area contributed by atoms with Gasteiger partial charge in [-0.05, 0) is 31.0 Å². The number of ether oxygens (including phenoxy) is 2. The first-order valence-electron chi connectivity index (χ1n) is 10.8. The van der Waals surface area contributed by atoms with E-state index >= 15 is 0 Å². The van der Waals surface area contributed by atoms with E-state index in [2.05, 4.69) is 22.2 Å². The van der Waals surface area contributed by atoms with Gasteiger partial charge in [0.05, 0.1) is 34.2 Å². The number of benzene rings is 1. The molecule has 3 rings (SSSR count). The zero-order chi connectivity index (χ0) is 26.3. The van der Waals surface area contributed by atoms with E-state index in [1.165, 1.54) is 34.8 Å². The molecule has 14 heteroatoms. The van der Waals surface area contributed by atoms with Gasteiger partial charge in [-0.1, -0.05) is 36.8 Å². The highest BCUT2D eigenvalue weighted by atomic mass is 32.2. The summed E-state index contributed by atoms with van der Waals surface area (Å²) in [7, 11) is -5.43. The molecule has 0 aliphatic carbocycles. The molecule has 0 bridgehead atoms. The number of unbranched alkanes of at least 4 members (excludes halogenated alkanes) is 1. The van der Waals surface area contributed by atoms with Crippen LogP contribution < -0.4 is 10.1 Å². The van der Waals surface area contributed by atoms with Crippen LogP contribution in [0, 0.1) is 6.92 Å². The zero-order valence-electron chi connectivity index (χ0n) is 19.4. The van der Waals surface area contributed by atoms with Crippen LogP contribution in [0.5, 0.6) is 5.19 Å². The van der Waals surface area contributed by atoms with Gasteiger partial charge in [0.1, 0.15) is 6.61 Å². The Hall–Kier alpha value is -2.55. The molecule has 2 heterocycles. The number of hydrogen-bond acceptors (Lipinski definition) is 9. The molecule has 0 atom stereocenters. The van der Waals surface area contributed by atoms with Crippen LogP contribution >= 0.6 is 22.7 Å². The van der Waals surface area contributed by atoms with E-state index in [0.717, 1.165) is 35.5 Å². The van der Waals surface area contributed by atoms with Gasteiger partial charge < -0.3 is 14.8 Å². The number of thiazole rings is 2. The lowest BCUT2D eigenvalue weighted by atomic mass is 10.1. The van der Waals surface area contributed by atoms with Crippen molar-refractivity contribution in [3.63, 3.8) is 0 Å². The summed E-state index contributed by atoms with van der Waals surface area (Å²) in [5.41, 5.74) is -3.68. The SMILES string of the molecule is CCCCOCCOc1nc(C)c(-c2csc(NC(=O)Cc3ccc(S(=O)(=O)C(F)(F)F)cc3)n2)s1. The monoisotopic (exact) mass is 563 g/mol. The maximum absolute atomic E-state index is 12.7. The van der Waals surface area contributed by atoms with Crippen molar-refractivity contribution in [3.8, 4) is 15.8 Å². The van der Waals surface area contributed by atoms with E-state index in [4.69, 9.17) is 9.47 Å². The molecule has 0 radical (unpaired) electrons. The Balaban J connectivity index is 1.55. The Bertz CT molecular complexity index is 1270. The quantitative estimate of drug-likeness (QED) is 0.300. The highest BCUT2D eigenvalue weighted by molar-refractivity contribution is 7.92. The second-order valence-electron chi connectivity index (χ2n) is 7.56. The largest absolute Gasteiger partial charge is 0.501 e. The molecule has 0 aliphatic heterocycles. The second kappa shape index (κ2) is 12.1. The summed E-state index contributed by atoms with van der Waals surface area (Å²) in [5, 5.41) is 5.24. The Kier molecular flexibility index (Phi) is 9.44. The predicted octanol–water partition coefficient (Wildman–Crippen LogP) is 5.25. The third-order valence-corrected chi connectivity index (χ3v) is 8.11. The number of nitrogens with zero attached hydrogens (tertiary/aromatic N) is 2. The summed E-state index contributed by atoms with van der Waals surface area (Å²) < 4.78 is 72.0. The molecule has 1 N–H and O–H groups in total. The minimum absolute atomic E-state index is 0.168. The molecule has 36 heavy (non-hydrogen) atoms. The number of rotatable bonds is 12. The lowest BCUT2D eigenvalue weighted by Crippen LogP contribution is -2.23. The molecule has 0 spiro atoms. The first-order chi connectivity index (χ1) is 17.0. The summed E-state index contributed by atoms with van der Waals surface area (Å²) in [5.74, 6) is -0.449. The van der Waals surface area contributed by atoms with E-state index in [0.29, 0.717) is 41.4 Å². The van der Waals surface area contributed by atoms with Crippen molar-refractivity contribution in [2.45, 2.75) is 43.5 Å². The molecular formula is C22H24F3N3O5S3. The van der Waals surface area contributed by atoms with Crippen molar-refractivity contribution in [2.75, 3.05) is 25.1 Å². The number of nitrogens with one attached hydrogen (secondary N) is 1. The van der Waals surface area contributed by atoms with Gasteiger partial charge in [0.25, 0.3) is 15.0 Å². The normalized spacial score (nSPS) is 12.0. The molecule has 3 aromatic rings. The summed E-state index contributed by atoms with van der Waals surface area (Å²) in [6.45, 7) is 5.48. The van der Waals surface area contributed by atoms with Gasteiger partial charge in [-0.15, -0.1) is 11.3 Å². The molecular weight excluding hydrogens is 539 g/mol. The smallest absolute Gasteiger partial charge is 0.468 e. The predicted molar refractivity (Wildman–Crippen MR) is 131 cm³/mol. The molecule has 0 saturated heterocycles. The second-order valence-corrected chi connectivity index (χ2v) is 11.3. The first-order valence-corrected chi connectivity index (χ1v) is 14.0. The van der Waals surface area contributed by atoms with Crippen LogP contribution in [0.15, 0.2) is 34.5 Å². The molecule has 0 aliphatic rings. The van der Waals surface area contributed by atoms with Crippen molar-refractivity contribution >= 4 is 43.5 Å². The number of halogens is 3. The van der Waals surface area contributed by atoms with Crippen LogP contribution in [0.25, 0.3) is 10.6 Å². The topological polar surface area (TPSA) is 107 Å². The molecule has 2 aromatic heterocycles. The minimum Gasteiger partial charge on any atom is -0.468 e. The van der Waals surface area contributed by atoms with Crippen molar-refractivity contribution in [1.82, 2.24) is 9.97 Å². The van der Waals surface area contributed by atoms with E-state index in [1.54, 1.807) is 5.38 Å². The molecule has 0 fully saturated rings. The minimum atomic E-state index is -5.43. The number of hydrogen-bond donors (Lipinski definition) is 1. The van der Waals surface area contributed by atoms with Crippen LogP contribution in [0.2, 0.25) is 0 Å². The van der Waals surface area contributed by atoms with Crippen LogP contribution in [0.3, 0.4) is 0 Å². The fourth-order valence-electron chi connectivity index (χ4n) is 2.91. The van der Waals surface area contributed by atoms with E-state index in [1.807, 2.05) is 6.92 Å². The molecule has 1 aromatic carbocycles. The number of carbonyl (C=O) groups excluding carboxylic acids is 1. The van der Waals surface area contributed by atoms with Crippen LogP contribution in [0.1, 0.15) is 31.0 Å². The number of aromatic nitrogens is 2. The van der Waals surface area contributed by atoms with Crippen LogP contribution in [-0.4, -0.2) is 49.6 Å². The summed E-state index contributed by atoms with van der Waals surface area (Å²) >= 11 is 2.54. The molecule has 0 unspecified atom stereocenters. The lowest BCUT2D eigenvalue weighted by molar-refractivity contribution is -0.115. The maximum atomic E-state index is 12.7. The highest BCUT2D eigenvalue weighted by Gasteiger charge is 2.46. The van der Waals surface area contributed by atoms with E-state index in [9.17, 15) is 26.4 Å². The van der Waals surface area contributed by atoms with Crippen molar-refractivity contribution < 1.29 is 35.9 Å². The Morgan fingerprint density at radius 2 is 1.83 bits per heavy atom. The highest BCUT2D eigenvalue weighted by Crippen LogP contribution is 2.35. The summed E-state index contributed by atoms with van der Waals surface area (Å²) in [6.07, 6.45) is 1.90. The maximum Gasteiger partial charge on any atom is 0.501 e. The number of alkyl halides is 3. The van der Waals surface area contributed by atoms with Crippen LogP contribution in [-0.2, 0) is 25.8 Å². The van der Waals surface area contributed by atoms with Gasteiger partial charge in [-0.2, -0.15) is 13.2 Å². The standard InChI is InChI=1S/C22H24F3N3O5S3/c1-3-4-9-32-10-11-33-21-26-14(2)19(35-21)17-13-34-20(27-17)28-18(29)12-15-5-7-16(8-6-15)36(30,31)22(23,24)25/h5-8,13H,3-4,9-12H2,1-2H3,(H,27,28,29). The van der Waals surface area contributed by atoms with E-state index in [-0.39, 0.29) is 6.42 Å². The summed E-state index contributed by atoms with van der Waals surface area (Å²) in [6, 6.07) is 4.00. The van der Waals surface area contributed by atoms with Gasteiger partial charge in [0.2, 0.25) is 5.91 Å². The Morgan fingerprint density at radius 3 is 2.50 bits per heavy atom. The first kappa shape index (κ1) is 28.0. The van der Waals surface area contributed by atoms with E-state index < -0.39 is 26.1 Å². The molecule has 0 saturated carbocycles. The van der Waals surface area contributed by atoms with Gasteiger partial charge in [-0.25, -0.2) is 18.4 Å².